The van der Waals surface area contributed by atoms with Gasteiger partial charge in [0, 0.05) is 32.2 Å². The summed E-state index contributed by atoms with van der Waals surface area (Å²) in [5.41, 5.74) is 1.93. The van der Waals surface area contributed by atoms with Crippen LogP contribution in [0.2, 0.25) is 0 Å². The van der Waals surface area contributed by atoms with Gasteiger partial charge < -0.3 is 9.80 Å². The van der Waals surface area contributed by atoms with Gasteiger partial charge in [-0.15, -0.1) is 0 Å². The number of hydrogen-bond donors (Lipinski definition) is 0. The van der Waals surface area contributed by atoms with E-state index in [0.29, 0.717) is 30.9 Å². The maximum atomic E-state index is 13.4. The van der Waals surface area contributed by atoms with Crippen molar-refractivity contribution in [2.45, 2.75) is 11.4 Å². The molecule has 6 nitrogen and oxygen atoms in total. The molecule has 0 heterocycles. The van der Waals surface area contributed by atoms with Crippen molar-refractivity contribution >= 4 is 21.6 Å². The maximum Gasteiger partial charge on any atom is 0.264 e. The van der Waals surface area contributed by atoms with Crippen molar-refractivity contribution in [1.82, 2.24) is 9.80 Å². The summed E-state index contributed by atoms with van der Waals surface area (Å²) in [5, 5.41) is 0. The number of carbonyl (C=O) groups excluding carboxylic acids is 1. The normalized spacial score (nSPS) is 11.4. The van der Waals surface area contributed by atoms with Gasteiger partial charge in [0.2, 0.25) is 0 Å². The summed E-state index contributed by atoms with van der Waals surface area (Å²) in [5.74, 6) is -0.199. The van der Waals surface area contributed by atoms with Gasteiger partial charge in [-0.05, 0) is 50.0 Å². The molecule has 0 aromatic heterocycles. The fourth-order valence-corrected chi connectivity index (χ4v) is 4.53. The van der Waals surface area contributed by atoms with Crippen molar-refractivity contribution < 1.29 is 13.2 Å². The summed E-state index contributed by atoms with van der Waals surface area (Å²) in [6, 6.07) is 24.9. The molecule has 0 bridgehead atoms. The lowest BCUT2D eigenvalue weighted by Crippen LogP contribution is -2.36. The van der Waals surface area contributed by atoms with Crippen LogP contribution in [0.25, 0.3) is 0 Å². The topological polar surface area (TPSA) is 60.9 Å². The van der Waals surface area contributed by atoms with E-state index in [9.17, 15) is 13.2 Å². The van der Waals surface area contributed by atoms with Gasteiger partial charge in [0.1, 0.15) is 0 Å². The van der Waals surface area contributed by atoms with Crippen molar-refractivity contribution in [1.29, 1.82) is 0 Å². The Kier molecular flexibility index (Phi) is 7.66. The Balaban J connectivity index is 1.88. The smallest absolute Gasteiger partial charge is 0.264 e. The van der Waals surface area contributed by atoms with Crippen molar-refractivity contribution in [2.75, 3.05) is 38.5 Å². The summed E-state index contributed by atoms with van der Waals surface area (Å²) in [6.07, 6.45) is 0. The molecule has 0 fully saturated rings. The molecule has 3 aromatic carbocycles. The van der Waals surface area contributed by atoms with Crippen molar-refractivity contribution in [3.05, 3.63) is 96.1 Å². The lowest BCUT2D eigenvalue weighted by atomic mass is 10.1. The second kappa shape index (κ2) is 10.4. The zero-order valence-corrected chi connectivity index (χ0v) is 19.5. The van der Waals surface area contributed by atoms with E-state index in [1.54, 1.807) is 41.3 Å². The van der Waals surface area contributed by atoms with Gasteiger partial charge in [0.15, 0.2) is 0 Å². The number of benzene rings is 3. The molecule has 0 aliphatic heterocycles. The van der Waals surface area contributed by atoms with Gasteiger partial charge in [-0.2, -0.15) is 0 Å². The molecular weight excluding hydrogens is 422 g/mol. The van der Waals surface area contributed by atoms with E-state index in [1.807, 2.05) is 55.4 Å². The number of nitrogens with zero attached hydrogens (tertiary/aromatic N) is 3. The van der Waals surface area contributed by atoms with Gasteiger partial charge in [-0.25, -0.2) is 8.42 Å². The Morgan fingerprint density at radius 1 is 0.781 bits per heavy atom. The first-order valence-electron chi connectivity index (χ1n) is 10.4. The number of hydrogen-bond acceptors (Lipinski definition) is 4. The summed E-state index contributed by atoms with van der Waals surface area (Å²) in [7, 11) is 1.62. The molecule has 0 N–H and O–H groups in total. The van der Waals surface area contributed by atoms with E-state index < -0.39 is 10.0 Å². The molecular formula is C25H29N3O3S. The van der Waals surface area contributed by atoms with Crippen LogP contribution in [-0.4, -0.2) is 58.4 Å². The van der Waals surface area contributed by atoms with Crippen LogP contribution < -0.4 is 4.31 Å². The zero-order valence-electron chi connectivity index (χ0n) is 18.7. The van der Waals surface area contributed by atoms with Gasteiger partial charge in [0.25, 0.3) is 15.9 Å². The molecule has 0 spiro atoms. The van der Waals surface area contributed by atoms with E-state index in [0.717, 1.165) is 5.56 Å². The molecule has 0 saturated carbocycles. The second-order valence-electron chi connectivity index (χ2n) is 7.85. The Labute approximate surface area is 190 Å². The Bertz CT molecular complexity index is 1130. The molecule has 0 unspecified atom stereocenters. The average Bonchev–Trinajstić information content (AvgIpc) is 2.82. The standard InChI is InChI=1S/C25H29N3O3S/c1-26(2)17-18-28(20-21-11-6-4-7-12-21)25(29)22-13-10-16-24(19-22)32(30,31)27(3)23-14-8-5-9-15-23/h4-16,19H,17-18,20H2,1-3H3. The minimum Gasteiger partial charge on any atom is -0.333 e. The maximum absolute atomic E-state index is 13.4. The summed E-state index contributed by atoms with van der Waals surface area (Å²) < 4.78 is 27.6. The molecule has 0 atom stereocenters. The highest BCUT2D eigenvalue weighted by Gasteiger charge is 2.24. The Hall–Kier alpha value is -3.16. The number of sulfonamides is 1. The first kappa shape index (κ1) is 23.5. The van der Waals surface area contributed by atoms with Crippen LogP contribution in [0.5, 0.6) is 0 Å². The number of para-hydroxylation sites is 1. The Morgan fingerprint density at radius 3 is 2.03 bits per heavy atom. The van der Waals surface area contributed by atoms with E-state index in [4.69, 9.17) is 0 Å². The van der Waals surface area contributed by atoms with Crippen LogP contribution in [0, 0.1) is 0 Å². The highest BCUT2D eigenvalue weighted by atomic mass is 32.2. The first-order valence-corrected chi connectivity index (χ1v) is 11.8. The molecule has 0 saturated heterocycles. The van der Waals surface area contributed by atoms with Crippen LogP contribution in [0.3, 0.4) is 0 Å². The second-order valence-corrected chi connectivity index (χ2v) is 9.82. The third-order valence-electron chi connectivity index (χ3n) is 5.18. The van der Waals surface area contributed by atoms with Crippen LogP contribution in [0.1, 0.15) is 15.9 Å². The van der Waals surface area contributed by atoms with E-state index >= 15 is 0 Å². The van der Waals surface area contributed by atoms with Gasteiger partial charge in [-0.1, -0.05) is 54.6 Å². The van der Waals surface area contributed by atoms with Gasteiger partial charge in [0.05, 0.1) is 10.6 Å². The quantitative estimate of drug-likeness (QED) is 0.498. The van der Waals surface area contributed by atoms with Gasteiger partial charge >= 0.3 is 0 Å². The van der Waals surface area contributed by atoms with Crippen LogP contribution in [-0.2, 0) is 16.6 Å². The number of anilines is 1. The van der Waals surface area contributed by atoms with E-state index in [2.05, 4.69) is 0 Å². The largest absolute Gasteiger partial charge is 0.333 e. The minimum atomic E-state index is -3.80. The molecule has 1 amide bonds. The highest BCUT2D eigenvalue weighted by Crippen LogP contribution is 2.23. The number of amides is 1. The zero-order chi connectivity index (χ0) is 23.1. The minimum absolute atomic E-state index is 0.0852. The molecule has 0 radical (unpaired) electrons. The highest BCUT2D eigenvalue weighted by molar-refractivity contribution is 7.92. The SMILES string of the molecule is CN(C)CCN(Cc1ccccc1)C(=O)c1cccc(S(=O)(=O)N(C)c2ccccc2)c1. The number of likely N-dealkylation sites (N-methyl/N-ethyl adjacent to an activating group) is 1. The first-order chi connectivity index (χ1) is 15.3. The third kappa shape index (κ3) is 5.75. The molecule has 0 aliphatic carbocycles. The summed E-state index contributed by atoms with van der Waals surface area (Å²) in [4.78, 5) is 17.2. The molecule has 3 aromatic rings. The average molecular weight is 452 g/mol. The fourth-order valence-electron chi connectivity index (χ4n) is 3.28. The monoisotopic (exact) mass is 451 g/mol. The summed E-state index contributed by atoms with van der Waals surface area (Å²) >= 11 is 0. The molecule has 168 valence electrons. The predicted octanol–water partition coefficient (Wildman–Crippen LogP) is 3.72. The van der Waals surface area contributed by atoms with E-state index in [1.165, 1.54) is 23.5 Å². The number of carbonyl (C=O) groups is 1. The van der Waals surface area contributed by atoms with Crippen molar-refractivity contribution in [2.24, 2.45) is 0 Å². The Morgan fingerprint density at radius 2 is 1.41 bits per heavy atom. The third-order valence-corrected chi connectivity index (χ3v) is 6.96. The molecule has 7 heteroatoms. The van der Waals surface area contributed by atoms with Crippen LogP contribution in [0.15, 0.2) is 89.8 Å². The fraction of sp³-hybridized carbons (Fsp3) is 0.240. The molecule has 3 rings (SSSR count). The van der Waals surface area contributed by atoms with Crippen LogP contribution >= 0.6 is 0 Å². The van der Waals surface area contributed by atoms with Gasteiger partial charge in [-0.3, -0.25) is 9.10 Å². The number of rotatable bonds is 9. The van der Waals surface area contributed by atoms with Crippen molar-refractivity contribution in [3.63, 3.8) is 0 Å². The van der Waals surface area contributed by atoms with Crippen molar-refractivity contribution in [3.8, 4) is 0 Å². The van der Waals surface area contributed by atoms with Crippen LogP contribution in [0.4, 0.5) is 5.69 Å². The predicted molar refractivity (Wildman–Crippen MR) is 128 cm³/mol. The summed E-state index contributed by atoms with van der Waals surface area (Å²) in [6.45, 7) is 1.68. The molecule has 0 aliphatic rings. The molecule has 32 heavy (non-hydrogen) atoms. The lowest BCUT2D eigenvalue weighted by Gasteiger charge is -2.25. The lowest BCUT2D eigenvalue weighted by molar-refractivity contribution is 0.0731. The van der Waals surface area contributed by atoms with E-state index in [-0.39, 0.29) is 10.8 Å².